The van der Waals surface area contributed by atoms with Crippen LogP contribution in [0.3, 0.4) is 0 Å². The molecule has 2 atom stereocenters. The highest BCUT2D eigenvalue weighted by Crippen LogP contribution is 2.20. The molecule has 0 aliphatic carbocycles. The number of amides is 1. The molecule has 0 saturated carbocycles. The molecule has 0 saturated heterocycles. The lowest BCUT2D eigenvalue weighted by Crippen LogP contribution is -2.45. The van der Waals surface area contributed by atoms with Gasteiger partial charge in [0, 0.05) is 12.8 Å². The van der Waals surface area contributed by atoms with E-state index in [0.717, 1.165) is 38.5 Å². The summed E-state index contributed by atoms with van der Waals surface area (Å²) in [5.41, 5.74) is 0. The maximum Gasteiger partial charge on any atom is 0.305 e. The second-order valence-corrected chi connectivity index (χ2v) is 26.0. The fourth-order valence-electron chi connectivity index (χ4n) is 12.2. The van der Waals surface area contributed by atoms with E-state index < -0.39 is 12.1 Å². The summed E-state index contributed by atoms with van der Waals surface area (Å²) in [6, 6.07) is -0.540. The lowest BCUT2D eigenvalue weighted by atomic mass is 10.0. The second-order valence-electron chi connectivity index (χ2n) is 26.0. The molecule has 0 aromatic heterocycles. The summed E-state index contributed by atoms with van der Waals surface area (Å²) in [5, 5.41) is 23.5. The minimum absolute atomic E-state index is 0.0210. The summed E-state index contributed by atoms with van der Waals surface area (Å²) in [4.78, 5) is 24.6. The largest absolute Gasteiger partial charge is 0.466 e. The Balaban J connectivity index is 3.35. The smallest absolute Gasteiger partial charge is 0.305 e. The third-order valence-electron chi connectivity index (χ3n) is 17.9. The fraction of sp³-hybridized carbons (Fsp3) is 0.973. The summed E-state index contributed by atoms with van der Waals surface area (Å²) >= 11 is 0. The van der Waals surface area contributed by atoms with Gasteiger partial charge in [0.15, 0.2) is 0 Å². The molecule has 0 bridgehead atoms. The lowest BCUT2D eigenvalue weighted by Gasteiger charge is -2.22. The Hall–Kier alpha value is -1.14. The van der Waals surface area contributed by atoms with Crippen molar-refractivity contribution in [1.82, 2.24) is 5.32 Å². The van der Waals surface area contributed by atoms with Crippen molar-refractivity contribution in [3.63, 3.8) is 0 Å². The summed E-state index contributed by atoms with van der Waals surface area (Å²) in [5.74, 6) is -0.00614. The number of carbonyl (C=O) groups is 2. The van der Waals surface area contributed by atoms with Crippen molar-refractivity contribution in [1.29, 1.82) is 0 Å². The zero-order chi connectivity index (χ0) is 57.8. The van der Waals surface area contributed by atoms with Crippen molar-refractivity contribution in [3.8, 4) is 0 Å². The SMILES string of the molecule is CCCCCCCCCCCCCCCCCCCCCCCCCC(O)C(CO)NC(=O)CCCCCCCCCCCCCCCCCCCCCCCCCCCOC(=O)CCCCCCCCCCCCCCCCC. The molecule has 80 heavy (non-hydrogen) atoms. The van der Waals surface area contributed by atoms with Gasteiger partial charge in [-0.3, -0.25) is 9.59 Å². The number of aliphatic hydroxyl groups is 2. The number of hydrogen-bond acceptors (Lipinski definition) is 5. The molecule has 3 N–H and O–H groups in total. The molecule has 6 heteroatoms. The van der Waals surface area contributed by atoms with Crippen LogP contribution >= 0.6 is 0 Å². The Kier molecular flexibility index (Phi) is 69.3. The number of hydrogen-bond donors (Lipinski definition) is 3. The van der Waals surface area contributed by atoms with E-state index in [9.17, 15) is 19.8 Å². The van der Waals surface area contributed by atoms with Gasteiger partial charge >= 0.3 is 5.97 Å². The van der Waals surface area contributed by atoms with Crippen LogP contribution in [0.5, 0.6) is 0 Å². The van der Waals surface area contributed by atoms with Crippen LogP contribution in [0, 0.1) is 0 Å². The molecular weight excluding hydrogens is 983 g/mol. The highest BCUT2D eigenvalue weighted by atomic mass is 16.5. The van der Waals surface area contributed by atoms with Gasteiger partial charge in [-0.05, 0) is 25.7 Å². The Morgan fingerprint density at radius 3 is 0.762 bits per heavy atom. The van der Waals surface area contributed by atoms with Crippen molar-refractivity contribution in [2.45, 2.75) is 450 Å². The van der Waals surface area contributed by atoms with E-state index in [1.165, 1.54) is 366 Å². The number of unbranched alkanes of at least 4 members (excludes halogenated alkanes) is 60. The van der Waals surface area contributed by atoms with Crippen LogP contribution < -0.4 is 5.32 Å². The van der Waals surface area contributed by atoms with E-state index >= 15 is 0 Å². The van der Waals surface area contributed by atoms with Crippen LogP contribution in [0.15, 0.2) is 0 Å². The van der Waals surface area contributed by atoms with E-state index in [1.807, 2.05) is 0 Å². The average Bonchev–Trinajstić information content (AvgIpc) is 3.46. The first-order chi connectivity index (χ1) is 39.5. The quantitative estimate of drug-likeness (QED) is 0.0417. The third-order valence-corrected chi connectivity index (χ3v) is 17.9. The summed E-state index contributed by atoms with van der Waals surface area (Å²) in [6.45, 7) is 5.01. The molecule has 0 heterocycles. The molecule has 0 spiro atoms. The van der Waals surface area contributed by atoms with Crippen molar-refractivity contribution < 1.29 is 24.5 Å². The van der Waals surface area contributed by atoms with Crippen molar-refractivity contribution in [2.75, 3.05) is 13.2 Å². The third kappa shape index (κ3) is 66.0. The van der Waals surface area contributed by atoms with Gasteiger partial charge in [-0.2, -0.15) is 0 Å². The standard InChI is InChI=1S/C74H147NO5/c1-3-5-7-9-11-13-15-17-19-20-21-22-26-29-32-35-39-42-46-50-54-58-62-66-72(77)71(70-76)75-73(78)67-63-59-55-51-47-43-40-36-33-30-27-24-23-25-28-31-34-37-41-45-49-53-57-61-65-69-80-74(79)68-64-60-56-52-48-44-38-18-16-14-12-10-8-6-4-2/h71-72,76-77H,3-70H2,1-2H3,(H,75,78). The van der Waals surface area contributed by atoms with Gasteiger partial charge in [0.05, 0.1) is 25.4 Å². The Morgan fingerprint density at radius 2 is 0.512 bits per heavy atom. The van der Waals surface area contributed by atoms with E-state index in [1.54, 1.807) is 0 Å². The van der Waals surface area contributed by atoms with Crippen LogP contribution in [0.4, 0.5) is 0 Å². The fourth-order valence-corrected chi connectivity index (χ4v) is 12.2. The van der Waals surface area contributed by atoms with Crippen LogP contribution in [0.1, 0.15) is 438 Å². The minimum Gasteiger partial charge on any atom is -0.466 e. The monoisotopic (exact) mass is 1130 g/mol. The van der Waals surface area contributed by atoms with E-state index in [-0.39, 0.29) is 18.5 Å². The molecule has 6 nitrogen and oxygen atoms in total. The maximum atomic E-state index is 12.6. The zero-order valence-corrected chi connectivity index (χ0v) is 54.9. The van der Waals surface area contributed by atoms with Gasteiger partial charge in [0.2, 0.25) is 5.91 Å². The van der Waals surface area contributed by atoms with Gasteiger partial charge in [-0.25, -0.2) is 0 Å². The summed E-state index contributed by atoms with van der Waals surface area (Å²) in [7, 11) is 0. The van der Waals surface area contributed by atoms with Crippen LogP contribution in [0.2, 0.25) is 0 Å². The molecule has 0 aromatic carbocycles. The Bertz CT molecular complexity index is 1160. The zero-order valence-electron chi connectivity index (χ0n) is 54.9. The van der Waals surface area contributed by atoms with Crippen molar-refractivity contribution in [3.05, 3.63) is 0 Å². The van der Waals surface area contributed by atoms with E-state index in [0.29, 0.717) is 25.9 Å². The predicted octanol–water partition coefficient (Wildman–Crippen LogP) is 24.2. The first-order valence-electron chi connectivity index (χ1n) is 37.3. The highest BCUT2D eigenvalue weighted by molar-refractivity contribution is 5.76. The van der Waals surface area contributed by atoms with Crippen LogP contribution in [0.25, 0.3) is 0 Å². The molecule has 0 fully saturated rings. The van der Waals surface area contributed by atoms with E-state index in [2.05, 4.69) is 19.2 Å². The first kappa shape index (κ1) is 78.9. The molecular formula is C74H147NO5. The van der Waals surface area contributed by atoms with Gasteiger partial charge < -0.3 is 20.3 Å². The topological polar surface area (TPSA) is 95.9 Å². The summed E-state index contributed by atoms with van der Waals surface area (Å²) < 4.78 is 5.50. The maximum absolute atomic E-state index is 12.6. The average molecular weight is 1130 g/mol. The molecule has 0 radical (unpaired) electrons. The van der Waals surface area contributed by atoms with Gasteiger partial charge in [0.1, 0.15) is 0 Å². The van der Waals surface area contributed by atoms with Gasteiger partial charge in [-0.1, -0.05) is 399 Å². The summed E-state index contributed by atoms with van der Waals surface area (Å²) in [6.07, 6.45) is 85.9. The molecule has 2 unspecified atom stereocenters. The number of rotatable bonds is 71. The number of nitrogens with one attached hydrogen (secondary N) is 1. The number of carbonyl (C=O) groups excluding carboxylic acids is 2. The molecule has 478 valence electrons. The minimum atomic E-state index is -0.663. The molecule has 0 aliphatic rings. The van der Waals surface area contributed by atoms with Crippen molar-refractivity contribution in [2.24, 2.45) is 0 Å². The Labute approximate surface area is 502 Å². The first-order valence-corrected chi connectivity index (χ1v) is 37.3. The molecule has 0 aromatic rings. The predicted molar refractivity (Wildman–Crippen MR) is 352 cm³/mol. The van der Waals surface area contributed by atoms with Crippen molar-refractivity contribution >= 4 is 11.9 Å². The van der Waals surface area contributed by atoms with Crippen LogP contribution in [-0.4, -0.2) is 47.4 Å². The molecule has 0 rings (SSSR count). The highest BCUT2D eigenvalue weighted by Gasteiger charge is 2.20. The molecule has 0 aliphatic heterocycles. The van der Waals surface area contributed by atoms with Gasteiger partial charge in [-0.15, -0.1) is 0 Å². The Morgan fingerprint density at radius 1 is 0.300 bits per heavy atom. The molecule has 1 amide bonds. The number of aliphatic hydroxyl groups excluding tert-OH is 2. The van der Waals surface area contributed by atoms with Gasteiger partial charge in [0.25, 0.3) is 0 Å². The van der Waals surface area contributed by atoms with Crippen LogP contribution in [-0.2, 0) is 14.3 Å². The van der Waals surface area contributed by atoms with E-state index in [4.69, 9.17) is 4.74 Å². The second kappa shape index (κ2) is 70.3. The number of esters is 1. The normalized spacial score (nSPS) is 12.4. The number of ether oxygens (including phenoxy) is 1. The lowest BCUT2D eigenvalue weighted by molar-refractivity contribution is -0.143.